The highest BCUT2D eigenvalue weighted by atomic mass is 79.9. The van der Waals surface area contributed by atoms with Crippen LogP contribution in [0.5, 0.6) is 0 Å². The quantitative estimate of drug-likeness (QED) is 0.767. The molecule has 0 atom stereocenters. The van der Waals surface area contributed by atoms with Crippen molar-refractivity contribution >= 4 is 21.6 Å². The average Bonchev–Trinajstić information content (AvgIpc) is 2.17. The molecule has 0 saturated carbocycles. The molecule has 0 aliphatic rings. The number of benzene rings is 1. The summed E-state index contributed by atoms with van der Waals surface area (Å²) in [7, 11) is 0. The van der Waals surface area contributed by atoms with Gasteiger partial charge < -0.3 is 4.90 Å². The fourth-order valence-corrected chi connectivity index (χ4v) is 2.50. The van der Waals surface area contributed by atoms with Gasteiger partial charge in [0.1, 0.15) is 0 Å². The molecule has 0 N–H and O–H groups in total. The lowest BCUT2D eigenvalue weighted by Crippen LogP contribution is -2.25. The Morgan fingerprint density at radius 2 is 1.73 bits per heavy atom. The first-order valence-corrected chi connectivity index (χ1v) is 6.49. The van der Waals surface area contributed by atoms with Crippen LogP contribution in [0.4, 0.5) is 5.69 Å². The summed E-state index contributed by atoms with van der Waals surface area (Å²) in [6.45, 7) is 8.85. The highest BCUT2D eigenvalue weighted by molar-refractivity contribution is 9.10. The van der Waals surface area contributed by atoms with Gasteiger partial charge in [-0.2, -0.15) is 0 Å². The van der Waals surface area contributed by atoms with Gasteiger partial charge in [-0.3, -0.25) is 0 Å². The van der Waals surface area contributed by atoms with E-state index in [1.165, 1.54) is 28.6 Å². The van der Waals surface area contributed by atoms with Crippen molar-refractivity contribution in [2.75, 3.05) is 18.0 Å². The van der Waals surface area contributed by atoms with Crippen LogP contribution >= 0.6 is 15.9 Å². The molecule has 84 valence electrons. The van der Waals surface area contributed by atoms with Crippen LogP contribution in [0.1, 0.15) is 32.3 Å². The maximum atomic E-state index is 3.65. The van der Waals surface area contributed by atoms with E-state index in [0.717, 1.165) is 13.1 Å². The van der Waals surface area contributed by atoms with Crippen LogP contribution in [-0.4, -0.2) is 13.1 Å². The Labute approximate surface area is 102 Å². The molecule has 1 nitrogen and oxygen atoms in total. The minimum atomic E-state index is 1.13. The second-order valence-corrected chi connectivity index (χ2v) is 4.80. The first-order valence-electron chi connectivity index (χ1n) is 5.70. The van der Waals surface area contributed by atoms with Crippen molar-refractivity contribution in [2.45, 2.75) is 33.6 Å². The van der Waals surface area contributed by atoms with Crippen molar-refractivity contribution in [1.29, 1.82) is 0 Å². The third kappa shape index (κ3) is 3.53. The first kappa shape index (κ1) is 12.6. The maximum absolute atomic E-state index is 3.65. The van der Waals surface area contributed by atoms with E-state index < -0.39 is 0 Å². The van der Waals surface area contributed by atoms with E-state index >= 15 is 0 Å². The van der Waals surface area contributed by atoms with Crippen LogP contribution in [0.3, 0.4) is 0 Å². The molecule has 2 heteroatoms. The van der Waals surface area contributed by atoms with Gasteiger partial charge in [0.15, 0.2) is 0 Å². The van der Waals surface area contributed by atoms with Crippen LogP contribution in [-0.2, 0) is 0 Å². The Bertz CT molecular complexity index is 303. The van der Waals surface area contributed by atoms with Crippen molar-refractivity contribution in [3.05, 3.63) is 28.2 Å². The van der Waals surface area contributed by atoms with E-state index in [1.54, 1.807) is 0 Å². The molecule has 0 aromatic heterocycles. The topological polar surface area (TPSA) is 3.24 Å². The molecule has 0 saturated heterocycles. The third-order valence-corrected chi connectivity index (χ3v) is 3.07. The number of halogens is 1. The highest BCUT2D eigenvalue weighted by Gasteiger charge is 2.07. The zero-order valence-corrected chi connectivity index (χ0v) is 11.5. The van der Waals surface area contributed by atoms with Gasteiger partial charge in [-0.15, -0.1) is 0 Å². The zero-order valence-electron chi connectivity index (χ0n) is 9.89. The van der Waals surface area contributed by atoms with Gasteiger partial charge in [0.05, 0.1) is 5.69 Å². The minimum Gasteiger partial charge on any atom is -0.371 e. The number of anilines is 1. The molecule has 1 aromatic carbocycles. The molecule has 1 aromatic rings. The van der Waals surface area contributed by atoms with E-state index in [0.29, 0.717) is 0 Å². The van der Waals surface area contributed by atoms with E-state index in [4.69, 9.17) is 0 Å². The lowest BCUT2D eigenvalue weighted by Gasteiger charge is -2.25. The predicted octanol–water partition coefficient (Wildman–Crippen LogP) is 4.38. The lowest BCUT2D eigenvalue weighted by atomic mass is 10.2. The molecule has 0 aliphatic heterocycles. The fraction of sp³-hybridized carbons (Fsp3) is 0.538. The van der Waals surface area contributed by atoms with Gasteiger partial charge in [-0.05, 0) is 53.4 Å². The normalized spacial score (nSPS) is 10.4. The largest absolute Gasteiger partial charge is 0.371 e. The van der Waals surface area contributed by atoms with E-state index in [9.17, 15) is 0 Å². The average molecular weight is 270 g/mol. The minimum absolute atomic E-state index is 1.13. The number of hydrogen-bond donors (Lipinski definition) is 0. The zero-order chi connectivity index (χ0) is 11.3. The van der Waals surface area contributed by atoms with Gasteiger partial charge in [-0.25, -0.2) is 0 Å². The van der Waals surface area contributed by atoms with Crippen molar-refractivity contribution in [3.8, 4) is 0 Å². The van der Waals surface area contributed by atoms with E-state index in [1.807, 2.05) is 0 Å². The monoisotopic (exact) mass is 269 g/mol. The molecule has 0 amide bonds. The predicted molar refractivity (Wildman–Crippen MR) is 71.7 cm³/mol. The molecule has 15 heavy (non-hydrogen) atoms. The fourth-order valence-electron chi connectivity index (χ4n) is 1.76. The summed E-state index contributed by atoms with van der Waals surface area (Å²) >= 11 is 3.65. The van der Waals surface area contributed by atoms with Crippen molar-refractivity contribution in [2.24, 2.45) is 0 Å². The van der Waals surface area contributed by atoms with Crippen molar-refractivity contribution < 1.29 is 0 Å². The molecule has 0 fully saturated rings. The van der Waals surface area contributed by atoms with Crippen molar-refractivity contribution in [3.63, 3.8) is 0 Å². The van der Waals surface area contributed by atoms with Crippen LogP contribution in [0, 0.1) is 6.92 Å². The SMILES string of the molecule is CCCN(CCC)c1ccc(C)cc1Br. The molecule has 0 bridgehead atoms. The number of nitrogens with zero attached hydrogens (tertiary/aromatic N) is 1. The second-order valence-electron chi connectivity index (χ2n) is 3.94. The van der Waals surface area contributed by atoms with Crippen LogP contribution in [0.25, 0.3) is 0 Å². The molecule has 1 rings (SSSR count). The summed E-state index contributed by atoms with van der Waals surface area (Å²) in [6.07, 6.45) is 2.39. The smallest absolute Gasteiger partial charge is 0.0510 e. The van der Waals surface area contributed by atoms with Gasteiger partial charge in [0.2, 0.25) is 0 Å². The maximum Gasteiger partial charge on any atom is 0.0510 e. The van der Waals surface area contributed by atoms with E-state index in [2.05, 4.69) is 59.8 Å². The Kier molecular flexibility index (Phi) is 5.16. The second kappa shape index (κ2) is 6.16. The summed E-state index contributed by atoms with van der Waals surface area (Å²) in [5.41, 5.74) is 2.63. The molecule has 0 heterocycles. The standard InChI is InChI=1S/C13H20BrN/c1-4-8-15(9-5-2)13-7-6-11(3)10-12(13)14/h6-7,10H,4-5,8-9H2,1-3H3. The number of aryl methyl sites for hydroxylation is 1. The number of hydrogen-bond acceptors (Lipinski definition) is 1. The molecule has 0 spiro atoms. The summed E-state index contributed by atoms with van der Waals surface area (Å²) in [5, 5.41) is 0. The molecular weight excluding hydrogens is 250 g/mol. The molecular formula is C13H20BrN. The highest BCUT2D eigenvalue weighted by Crippen LogP contribution is 2.27. The summed E-state index contributed by atoms with van der Waals surface area (Å²) in [5.74, 6) is 0. The van der Waals surface area contributed by atoms with Crippen LogP contribution in [0.2, 0.25) is 0 Å². The van der Waals surface area contributed by atoms with Gasteiger partial charge >= 0.3 is 0 Å². The summed E-state index contributed by atoms with van der Waals surface area (Å²) < 4.78 is 1.21. The van der Waals surface area contributed by atoms with Crippen LogP contribution < -0.4 is 4.90 Å². The Hall–Kier alpha value is -0.500. The third-order valence-electron chi connectivity index (χ3n) is 2.43. The Morgan fingerprint density at radius 3 is 2.20 bits per heavy atom. The molecule has 0 unspecified atom stereocenters. The summed E-state index contributed by atoms with van der Waals surface area (Å²) in [6, 6.07) is 6.58. The van der Waals surface area contributed by atoms with Crippen molar-refractivity contribution in [1.82, 2.24) is 0 Å². The van der Waals surface area contributed by atoms with Crippen LogP contribution in [0.15, 0.2) is 22.7 Å². The van der Waals surface area contributed by atoms with Gasteiger partial charge in [0, 0.05) is 17.6 Å². The van der Waals surface area contributed by atoms with E-state index in [-0.39, 0.29) is 0 Å². The Morgan fingerprint density at radius 1 is 1.13 bits per heavy atom. The summed E-state index contributed by atoms with van der Waals surface area (Å²) in [4.78, 5) is 2.45. The van der Waals surface area contributed by atoms with Gasteiger partial charge in [-0.1, -0.05) is 19.9 Å². The van der Waals surface area contributed by atoms with Gasteiger partial charge in [0.25, 0.3) is 0 Å². The molecule has 0 radical (unpaired) electrons. The lowest BCUT2D eigenvalue weighted by molar-refractivity contribution is 0.743. The number of rotatable bonds is 5. The Balaban J connectivity index is 2.89. The first-order chi connectivity index (χ1) is 7.19. The molecule has 0 aliphatic carbocycles.